The van der Waals surface area contributed by atoms with Gasteiger partial charge in [-0.1, -0.05) is 71.1 Å². The average molecular weight is 316 g/mol. The molecule has 0 aromatic carbocycles. The maximum absolute atomic E-state index is 9.76. The normalized spacial score (nSPS) is 14.2. The topological polar surface area (TPSA) is 52.5 Å². The zero-order valence-corrected chi connectivity index (χ0v) is 15.2. The van der Waals surface area contributed by atoms with Gasteiger partial charge in [0, 0.05) is 0 Å². The minimum Gasteiger partial charge on any atom is -0.393 e. The summed E-state index contributed by atoms with van der Waals surface area (Å²) in [6.07, 6.45) is 16.1. The molecule has 0 bridgehead atoms. The molecule has 0 radical (unpaired) electrons. The van der Waals surface area contributed by atoms with Gasteiger partial charge < -0.3 is 15.5 Å². The molecule has 0 aromatic heterocycles. The van der Waals surface area contributed by atoms with E-state index in [2.05, 4.69) is 5.32 Å². The number of hydrogen-bond acceptors (Lipinski definition) is 3. The van der Waals surface area contributed by atoms with Crippen molar-refractivity contribution in [3.05, 3.63) is 0 Å². The quantitative estimate of drug-likeness (QED) is 0.348. The van der Waals surface area contributed by atoms with Crippen LogP contribution in [0.15, 0.2) is 0 Å². The van der Waals surface area contributed by atoms with Gasteiger partial charge in [-0.15, -0.1) is 0 Å². The monoisotopic (exact) mass is 315 g/mol. The lowest BCUT2D eigenvalue weighted by Gasteiger charge is -2.13. The number of aliphatic hydroxyl groups excluding tert-OH is 2. The van der Waals surface area contributed by atoms with Crippen LogP contribution in [0.3, 0.4) is 0 Å². The Morgan fingerprint density at radius 3 is 1.59 bits per heavy atom. The van der Waals surface area contributed by atoms with Crippen molar-refractivity contribution in [3.8, 4) is 0 Å². The van der Waals surface area contributed by atoms with Crippen LogP contribution in [-0.4, -0.2) is 36.0 Å². The van der Waals surface area contributed by atoms with Gasteiger partial charge in [-0.2, -0.15) is 0 Å². The second kappa shape index (κ2) is 17.2. The Hall–Kier alpha value is -0.120. The molecule has 22 heavy (non-hydrogen) atoms. The molecule has 3 nitrogen and oxygen atoms in total. The molecule has 0 heterocycles. The van der Waals surface area contributed by atoms with E-state index in [1.54, 1.807) is 0 Å². The van der Waals surface area contributed by atoms with E-state index in [0.29, 0.717) is 6.42 Å². The Morgan fingerprint density at radius 1 is 0.682 bits per heavy atom. The summed E-state index contributed by atoms with van der Waals surface area (Å²) < 4.78 is 0. The summed E-state index contributed by atoms with van der Waals surface area (Å²) in [7, 11) is 2.02. The van der Waals surface area contributed by atoms with Crippen LogP contribution in [0, 0.1) is 0 Å². The van der Waals surface area contributed by atoms with Crippen LogP contribution in [0.2, 0.25) is 0 Å². The molecule has 2 atom stereocenters. The van der Waals surface area contributed by atoms with E-state index >= 15 is 0 Å². The van der Waals surface area contributed by atoms with Crippen molar-refractivity contribution >= 4 is 0 Å². The predicted octanol–water partition coefficient (Wildman–Crippen LogP) is 4.41. The third-order valence-electron chi connectivity index (χ3n) is 4.48. The zero-order chi connectivity index (χ0) is 16.5. The van der Waals surface area contributed by atoms with E-state index in [1.165, 1.54) is 64.2 Å². The van der Waals surface area contributed by atoms with Crippen LogP contribution < -0.4 is 5.32 Å². The Morgan fingerprint density at radius 2 is 1.14 bits per heavy atom. The fourth-order valence-electron chi connectivity index (χ4n) is 2.87. The zero-order valence-electron chi connectivity index (χ0n) is 15.2. The SMILES string of the molecule is CCC(O)CC(O)CCCCCCCCCCCCCNC. The standard InChI is InChI=1S/C19H41NO2/c1-3-18(21)17-19(22)15-13-11-9-7-5-4-6-8-10-12-14-16-20-2/h18-22H,3-17H2,1-2H3. The summed E-state index contributed by atoms with van der Waals surface area (Å²) in [5.41, 5.74) is 0. The van der Waals surface area contributed by atoms with Crippen molar-refractivity contribution in [1.29, 1.82) is 0 Å². The molecule has 0 saturated carbocycles. The lowest BCUT2D eigenvalue weighted by atomic mass is 10.0. The first kappa shape index (κ1) is 21.9. The van der Waals surface area contributed by atoms with Gasteiger partial charge in [-0.05, 0) is 39.3 Å². The van der Waals surface area contributed by atoms with Crippen molar-refractivity contribution in [2.45, 2.75) is 109 Å². The number of nitrogens with one attached hydrogen (secondary N) is 1. The molecule has 0 amide bonds. The van der Waals surface area contributed by atoms with Gasteiger partial charge in [0.2, 0.25) is 0 Å². The molecule has 3 heteroatoms. The smallest absolute Gasteiger partial charge is 0.0564 e. The van der Waals surface area contributed by atoms with Gasteiger partial charge in [-0.25, -0.2) is 0 Å². The minimum atomic E-state index is -0.326. The van der Waals surface area contributed by atoms with Crippen LogP contribution in [-0.2, 0) is 0 Å². The van der Waals surface area contributed by atoms with Crippen molar-refractivity contribution in [2.75, 3.05) is 13.6 Å². The molecule has 0 aliphatic rings. The first-order valence-corrected chi connectivity index (χ1v) is 9.71. The largest absolute Gasteiger partial charge is 0.393 e. The average Bonchev–Trinajstić information content (AvgIpc) is 2.51. The van der Waals surface area contributed by atoms with Crippen molar-refractivity contribution in [1.82, 2.24) is 5.32 Å². The summed E-state index contributed by atoms with van der Waals surface area (Å²) in [5.74, 6) is 0. The highest BCUT2D eigenvalue weighted by Crippen LogP contribution is 2.14. The van der Waals surface area contributed by atoms with E-state index in [0.717, 1.165) is 25.8 Å². The minimum absolute atomic E-state index is 0.308. The molecule has 0 rings (SSSR count). The molecule has 0 spiro atoms. The van der Waals surface area contributed by atoms with Crippen LogP contribution in [0.1, 0.15) is 96.8 Å². The molecular formula is C19H41NO2. The van der Waals surface area contributed by atoms with Crippen LogP contribution >= 0.6 is 0 Å². The first-order chi connectivity index (χ1) is 10.7. The van der Waals surface area contributed by atoms with Gasteiger partial charge in [0.1, 0.15) is 0 Å². The van der Waals surface area contributed by atoms with Crippen LogP contribution in [0.25, 0.3) is 0 Å². The summed E-state index contributed by atoms with van der Waals surface area (Å²) in [6.45, 7) is 3.12. The lowest BCUT2D eigenvalue weighted by molar-refractivity contribution is 0.0721. The molecule has 0 aromatic rings. The molecule has 0 aliphatic heterocycles. The molecule has 0 saturated heterocycles. The highest BCUT2D eigenvalue weighted by Gasteiger charge is 2.09. The number of rotatable bonds is 17. The van der Waals surface area contributed by atoms with E-state index in [-0.39, 0.29) is 12.2 Å². The highest BCUT2D eigenvalue weighted by molar-refractivity contribution is 4.62. The Balaban J connectivity index is 3.11. The fourth-order valence-corrected chi connectivity index (χ4v) is 2.87. The number of aliphatic hydroxyl groups is 2. The lowest BCUT2D eigenvalue weighted by Crippen LogP contribution is -2.16. The first-order valence-electron chi connectivity index (χ1n) is 9.71. The van der Waals surface area contributed by atoms with Crippen LogP contribution in [0.5, 0.6) is 0 Å². The molecule has 3 N–H and O–H groups in total. The Bertz CT molecular complexity index is 212. The number of unbranched alkanes of at least 4 members (excludes halogenated alkanes) is 10. The molecule has 134 valence electrons. The summed E-state index contributed by atoms with van der Waals surface area (Å²) in [5, 5.41) is 22.4. The van der Waals surface area contributed by atoms with Crippen molar-refractivity contribution in [3.63, 3.8) is 0 Å². The van der Waals surface area contributed by atoms with Gasteiger partial charge in [0.15, 0.2) is 0 Å². The molecule has 0 fully saturated rings. The van der Waals surface area contributed by atoms with Crippen LogP contribution in [0.4, 0.5) is 0 Å². The maximum Gasteiger partial charge on any atom is 0.0564 e. The molecule has 2 unspecified atom stereocenters. The van der Waals surface area contributed by atoms with E-state index in [9.17, 15) is 10.2 Å². The molecule has 0 aliphatic carbocycles. The van der Waals surface area contributed by atoms with E-state index < -0.39 is 0 Å². The third kappa shape index (κ3) is 16.3. The highest BCUT2D eigenvalue weighted by atomic mass is 16.3. The van der Waals surface area contributed by atoms with Gasteiger partial charge in [-0.3, -0.25) is 0 Å². The van der Waals surface area contributed by atoms with Gasteiger partial charge in [0.05, 0.1) is 12.2 Å². The summed E-state index contributed by atoms with van der Waals surface area (Å²) in [6, 6.07) is 0. The predicted molar refractivity (Wildman–Crippen MR) is 96.3 cm³/mol. The van der Waals surface area contributed by atoms with E-state index in [4.69, 9.17) is 0 Å². The van der Waals surface area contributed by atoms with E-state index in [1.807, 2.05) is 14.0 Å². The Labute approximate surface area is 138 Å². The van der Waals surface area contributed by atoms with Gasteiger partial charge in [0.25, 0.3) is 0 Å². The fraction of sp³-hybridized carbons (Fsp3) is 1.00. The summed E-state index contributed by atoms with van der Waals surface area (Å²) >= 11 is 0. The van der Waals surface area contributed by atoms with Crippen molar-refractivity contribution in [2.24, 2.45) is 0 Å². The van der Waals surface area contributed by atoms with Crippen molar-refractivity contribution < 1.29 is 10.2 Å². The number of hydrogen-bond donors (Lipinski definition) is 3. The van der Waals surface area contributed by atoms with Gasteiger partial charge >= 0.3 is 0 Å². The second-order valence-corrected chi connectivity index (χ2v) is 6.73. The summed E-state index contributed by atoms with van der Waals surface area (Å²) in [4.78, 5) is 0. The maximum atomic E-state index is 9.76. The third-order valence-corrected chi connectivity index (χ3v) is 4.48. The Kier molecular flexibility index (Phi) is 17.1. The second-order valence-electron chi connectivity index (χ2n) is 6.73. The molecular weight excluding hydrogens is 274 g/mol.